The Balaban J connectivity index is 1.69. The summed E-state index contributed by atoms with van der Waals surface area (Å²) in [6, 6.07) is 15.2. The molecular weight excluding hydrogens is 296 g/mol. The van der Waals surface area contributed by atoms with Gasteiger partial charge in [0.1, 0.15) is 11.9 Å². The Morgan fingerprint density at radius 3 is 2.83 bits per heavy atom. The zero-order chi connectivity index (χ0) is 16.9. The number of likely N-dealkylation sites (tertiary alicyclic amines) is 1. The third-order valence-corrected chi connectivity index (χ3v) is 4.55. The van der Waals surface area contributed by atoms with Crippen molar-refractivity contribution in [3.8, 4) is 6.07 Å². The number of nitrogens with one attached hydrogen (secondary N) is 1. The maximum Gasteiger partial charge on any atom is 0.144 e. The highest BCUT2D eigenvalue weighted by atomic mass is 15.2. The molecule has 1 aromatic heterocycles. The molecule has 1 unspecified atom stereocenters. The van der Waals surface area contributed by atoms with E-state index < -0.39 is 0 Å². The van der Waals surface area contributed by atoms with Crippen LogP contribution in [0.4, 0.5) is 5.82 Å². The maximum absolute atomic E-state index is 9.43. The summed E-state index contributed by atoms with van der Waals surface area (Å²) >= 11 is 0. The van der Waals surface area contributed by atoms with E-state index in [2.05, 4.69) is 51.6 Å². The number of hydrogen-bond acceptors (Lipinski definition) is 4. The average Bonchev–Trinajstić information content (AvgIpc) is 2.56. The normalized spacial score (nSPS) is 18.1. The van der Waals surface area contributed by atoms with E-state index in [4.69, 9.17) is 0 Å². The van der Waals surface area contributed by atoms with E-state index >= 15 is 0 Å². The van der Waals surface area contributed by atoms with Crippen LogP contribution in [-0.2, 0) is 6.54 Å². The number of aryl methyl sites for hydroxylation is 2. The van der Waals surface area contributed by atoms with Crippen LogP contribution in [0.3, 0.4) is 0 Å². The number of pyridine rings is 1. The molecule has 1 aromatic carbocycles. The molecule has 1 aliphatic heterocycles. The molecule has 1 N–H and O–H groups in total. The van der Waals surface area contributed by atoms with Crippen molar-refractivity contribution in [3.05, 3.63) is 58.8 Å². The first-order chi connectivity index (χ1) is 11.7. The highest BCUT2D eigenvalue weighted by Gasteiger charge is 2.21. The summed E-state index contributed by atoms with van der Waals surface area (Å²) in [5.41, 5.74) is 3.96. The van der Waals surface area contributed by atoms with Crippen LogP contribution in [0, 0.1) is 25.2 Å². The molecule has 124 valence electrons. The van der Waals surface area contributed by atoms with Crippen molar-refractivity contribution in [2.24, 2.45) is 0 Å². The Morgan fingerprint density at radius 2 is 2.08 bits per heavy atom. The van der Waals surface area contributed by atoms with Gasteiger partial charge in [0.2, 0.25) is 0 Å². The first-order valence-corrected chi connectivity index (χ1v) is 8.57. The molecule has 0 amide bonds. The van der Waals surface area contributed by atoms with E-state index in [1.165, 1.54) is 5.56 Å². The second-order valence-electron chi connectivity index (χ2n) is 6.62. The first-order valence-electron chi connectivity index (χ1n) is 8.57. The molecule has 0 spiro atoms. The van der Waals surface area contributed by atoms with Gasteiger partial charge in [-0.1, -0.05) is 30.3 Å². The van der Waals surface area contributed by atoms with Crippen LogP contribution in [0.5, 0.6) is 0 Å². The van der Waals surface area contributed by atoms with Gasteiger partial charge in [-0.3, -0.25) is 4.90 Å². The van der Waals surface area contributed by atoms with Crippen molar-refractivity contribution >= 4 is 5.82 Å². The molecule has 24 heavy (non-hydrogen) atoms. The van der Waals surface area contributed by atoms with Crippen LogP contribution < -0.4 is 5.32 Å². The summed E-state index contributed by atoms with van der Waals surface area (Å²) in [4.78, 5) is 7.03. The fraction of sp³-hybridized carbons (Fsp3) is 0.400. The third-order valence-electron chi connectivity index (χ3n) is 4.55. The fourth-order valence-corrected chi connectivity index (χ4v) is 3.43. The maximum atomic E-state index is 9.43. The lowest BCUT2D eigenvalue weighted by Crippen LogP contribution is -2.41. The molecule has 4 nitrogen and oxygen atoms in total. The number of aromatic nitrogens is 1. The number of piperidine rings is 1. The molecule has 3 rings (SSSR count). The Morgan fingerprint density at radius 1 is 1.29 bits per heavy atom. The van der Waals surface area contributed by atoms with Gasteiger partial charge in [0.15, 0.2) is 0 Å². The van der Waals surface area contributed by atoms with Gasteiger partial charge in [0.25, 0.3) is 0 Å². The second-order valence-corrected chi connectivity index (χ2v) is 6.62. The Hall–Kier alpha value is -2.38. The Bertz CT molecular complexity index is 733. The molecule has 2 heterocycles. The van der Waals surface area contributed by atoms with Crippen LogP contribution in [-0.4, -0.2) is 29.0 Å². The molecule has 1 atom stereocenters. The minimum atomic E-state index is 0.336. The number of rotatable bonds is 4. The lowest BCUT2D eigenvalue weighted by atomic mass is 10.0. The van der Waals surface area contributed by atoms with E-state index in [1.54, 1.807) is 0 Å². The standard InChI is InChI=1S/C20H24N4/c1-15-11-16(2)22-20(19(15)12-21)23-18-9-6-10-24(14-18)13-17-7-4-3-5-8-17/h3-5,7-8,11,18H,6,9-10,13-14H2,1-2H3,(H,22,23). The quantitative estimate of drug-likeness (QED) is 0.934. The minimum absolute atomic E-state index is 0.336. The Labute approximate surface area is 144 Å². The van der Waals surface area contributed by atoms with E-state index in [9.17, 15) is 5.26 Å². The van der Waals surface area contributed by atoms with Gasteiger partial charge < -0.3 is 5.32 Å². The van der Waals surface area contributed by atoms with Crippen molar-refractivity contribution in [1.82, 2.24) is 9.88 Å². The third kappa shape index (κ3) is 3.93. The van der Waals surface area contributed by atoms with Crippen LogP contribution in [0.25, 0.3) is 0 Å². The zero-order valence-corrected chi connectivity index (χ0v) is 14.4. The summed E-state index contributed by atoms with van der Waals surface area (Å²) in [5, 5.41) is 12.9. The lowest BCUT2D eigenvalue weighted by molar-refractivity contribution is 0.208. The van der Waals surface area contributed by atoms with Gasteiger partial charge in [-0.05, 0) is 50.4 Å². The molecule has 0 radical (unpaired) electrons. The molecule has 1 fully saturated rings. The highest BCUT2D eigenvalue weighted by molar-refractivity contribution is 5.56. The van der Waals surface area contributed by atoms with E-state index in [0.29, 0.717) is 11.6 Å². The van der Waals surface area contributed by atoms with Crippen molar-refractivity contribution in [2.75, 3.05) is 18.4 Å². The van der Waals surface area contributed by atoms with Crippen molar-refractivity contribution in [1.29, 1.82) is 5.26 Å². The minimum Gasteiger partial charge on any atom is -0.365 e. The van der Waals surface area contributed by atoms with Crippen molar-refractivity contribution in [2.45, 2.75) is 39.3 Å². The smallest absolute Gasteiger partial charge is 0.144 e. The van der Waals surface area contributed by atoms with Gasteiger partial charge >= 0.3 is 0 Å². The second kappa shape index (κ2) is 7.46. The topological polar surface area (TPSA) is 52.0 Å². The van der Waals surface area contributed by atoms with Crippen LogP contribution in [0.2, 0.25) is 0 Å². The summed E-state index contributed by atoms with van der Waals surface area (Å²) < 4.78 is 0. The van der Waals surface area contributed by atoms with Crippen molar-refractivity contribution in [3.63, 3.8) is 0 Å². The number of nitrogens with zero attached hydrogens (tertiary/aromatic N) is 3. The molecule has 0 saturated carbocycles. The summed E-state index contributed by atoms with van der Waals surface area (Å²) in [6.45, 7) is 7.03. The molecular formula is C20H24N4. The van der Waals surface area contributed by atoms with E-state index in [1.807, 2.05) is 19.9 Å². The van der Waals surface area contributed by atoms with Crippen molar-refractivity contribution < 1.29 is 0 Å². The molecule has 0 aliphatic carbocycles. The van der Waals surface area contributed by atoms with E-state index in [0.717, 1.165) is 49.6 Å². The van der Waals surface area contributed by atoms with Crippen LogP contribution >= 0.6 is 0 Å². The number of hydrogen-bond donors (Lipinski definition) is 1. The van der Waals surface area contributed by atoms with Crippen LogP contribution in [0.15, 0.2) is 36.4 Å². The SMILES string of the molecule is Cc1cc(C)c(C#N)c(NC2CCCN(Cc3ccccc3)C2)n1. The summed E-state index contributed by atoms with van der Waals surface area (Å²) in [5.74, 6) is 0.738. The predicted octanol–water partition coefficient (Wildman–Crippen LogP) is 3.65. The largest absolute Gasteiger partial charge is 0.365 e. The zero-order valence-electron chi connectivity index (χ0n) is 14.4. The number of anilines is 1. The predicted molar refractivity (Wildman–Crippen MR) is 96.8 cm³/mol. The lowest BCUT2D eigenvalue weighted by Gasteiger charge is -2.33. The average molecular weight is 320 g/mol. The van der Waals surface area contributed by atoms with Gasteiger partial charge in [-0.15, -0.1) is 0 Å². The molecule has 1 saturated heterocycles. The van der Waals surface area contributed by atoms with Gasteiger partial charge in [0, 0.05) is 24.8 Å². The monoisotopic (exact) mass is 320 g/mol. The summed E-state index contributed by atoms with van der Waals surface area (Å²) in [6.07, 6.45) is 2.28. The highest BCUT2D eigenvalue weighted by Crippen LogP contribution is 2.22. The summed E-state index contributed by atoms with van der Waals surface area (Å²) in [7, 11) is 0. The molecule has 0 bridgehead atoms. The van der Waals surface area contributed by atoms with Gasteiger partial charge in [-0.2, -0.15) is 5.26 Å². The van der Waals surface area contributed by atoms with Gasteiger partial charge in [0.05, 0.1) is 5.56 Å². The number of benzene rings is 1. The molecule has 4 heteroatoms. The first kappa shape index (κ1) is 16.5. The van der Waals surface area contributed by atoms with Gasteiger partial charge in [-0.25, -0.2) is 4.98 Å². The molecule has 1 aliphatic rings. The molecule has 2 aromatic rings. The fourth-order valence-electron chi connectivity index (χ4n) is 3.43. The van der Waals surface area contributed by atoms with Crippen LogP contribution in [0.1, 0.15) is 35.2 Å². The van der Waals surface area contributed by atoms with E-state index in [-0.39, 0.29) is 0 Å². The Kier molecular flexibility index (Phi) is 5.12. The number of nitriles is 1.